The quantitative estimate of drug-likeness (QED) is 0.906. The lowest BCUT2D eigenvalue weighted by Crippen LogP contribution is -2.01. The van der Waals surface area contributed by atoms with E-state index in [4.69, 9.17) is 25.5 Å². The molecular weight excluding hydrogens is 272 g/mol. The van der Waals surface area contributed by atoms with Gasteiger partial charge in [0.2, 0.25) is 5.89 Å². The fraction of sp³-hybridized carbons (Fsp3) is 0.333. The summed E-state index contributed by atoms with van der Waals surface area (Å²) < 4.78 is 15.9. The first-order valence-electron chi connectivity index (χ1n) is 5.53. The molecule has 0 saturated heterocycles. The molecule has 7 heteroatoms. The topological polar surface area (TPSA) is 77.6 Å². The molecule has 1 N–H and O–H groups in total. The number of nitrogens with zero attached hydrogens (tertiary/aromatic N) is 2. The van der Waals surface area contributed by atoms with Crippen LogP contribution in [0.4, 0.5) is 0 Å². The SMILES string of the molecule is COc1cc(Cl)cc(CO)c1OCc1nnc(C)o1. The average Bonchev–Trinajstić information content (AvgIpc) is 2.81. The predicted octanol–water partition coefficient (Wildman–Crippen LogP) is 2.11. The van der Waals surface area contributed by atoms with E-state index in [0.29, 0.717) is 33.9 Å². The number of aliphatic hydroxyl groups excluding tert-OH is 1. The van der Waals surface area contributed by atoms with Crippen LogP contribution in [0.1, 0.15) is 17.3 Å². The maximum Gasteiger partial charge on any atom is 0.253 e. The normalized spacial score (nSPS) is 10.5. The molecule has 19 heavy (non-hydrogen) atoms. The van der Waals surface area contributed by atoms with Gasteiger partial charge in [0.25, 0.3) is 5.89 Å². The third kappa shape index (κ3) is 3.15. The molecule has 2 aromatic rings. The smallest absolute Gasteiger partial charge is 0.253 e. The summed E-state index contributed by atoms with van der Waals surface area (Å²) in [4.78, 5) is 0. The summed E-state index contributed by atoms with van der Waals surface area (Å²) in [6.07, 6.45) is 0. The molecule has 0 aliphatic heterocycles. The van der Waals surface area contributed by atoms with Crippen LogP contribution in [0, 0.1) is 6.92 Å². The van der Waals surface area contributed by atoms with Gasteiger partial charge in [-0.15, -0.1) is 10.2 Å². The Labute approximate surface area is 114 Å². The van der Waals surface area contributed by atoms with Gasteiger partial charge in [0, 0.05) is 23.6 Å². The Bertz CT molecular complexity index is 546. The number of methoxy groups -OCH3 is 1. The number of aryl methyl sites for hydroxylation is 1. The Morgan fingerprint density at radius 2 is 2.16 bits per heavy atom. The van der Waals surface area contributed by atoms with Gasteiger partial charge < -0.3 is 19.0 Å². The van der Waals surface area contributed by atoms with E-state index in [-0.39, 0.29) is 13.2 Å². The third-order valence-corrected chi connectivity index (χ3v) is 2.61. The van der Waals surface area contributed by atoms with Crippen LogP contribution in [0.25, 0.3) is 0 Å². The maximum atomic E-state index is 9.32. The van der Waals surface area contributed by atoms with Crippen LogP contribution >= 0.6 is 11.6 Å². The molecule has 0 radical (unpaired) electrons. The van der Waals surface area contributed by atoms with Crippen molar-refractivity contribution in [3.8, 4) is 11.5 Å². The van der Waals surface area contributed by atoms with Crippen LogP contribution in [-0.4, -0.2) is 22.4 Å². The lowest BCUT2D eigenvalue weighted by atomic mass is 10.2. The number of benzene rings is 1. The fourth-order valence-electron chi connectivity index (χ4n) is 1.59. The van der Waals surface area contributed by atoms with Crippen molar-refractivity contribution in [3.63, 3.8) is 0 Å². The summed E-state index contributed by atoms with van der Waals surface area (Å²) >= 11 is 5.91. The number of rotatable bonds is 5. The Balaban J connectivity index is 2.23. The largest absolute Gasteiger partial charge is 0.493 e. The summed E-state index contributed by atoms with van der Waals surface area (Å²) in [5.41, 5.74) is 0.528. The van der Waals surface area contributed by atoms with Crippen LogP contribution in [-0.2, 0) is 13.2 Å². The second-order valence-corrected chi connectivity index (χ2v) is 4.19. The second-order valence-electron chi connectivity index (χ2n) is 3.76. The summed E-state index contributed by atoms with van der Waals surface area (Å²) in [5.74, 6) is 1.65. The highest BCUT2D eigenvalue weighted by Crippen LogP contribution is 2.35. The first-order chi connectivity index (χ1) is 9.13. The highest BCUT2D eigenvalue weighted by Gasteiger charge is 2.14. The number of hydrogen-bond donors (Lipinski definition) is 1. The first-order valence-corrected chi connectivity index (χ1v) is 5.91. The number of halogens is 1. The molecule has 0 bridgehead atoms. The minimum Gasteiger partial charge on any atom is -0.493 e. The summed E-state index contributed by atoms with van der Waals surface area (Å²) in [7, 11) is 1.50. The van der Waals surface area contributed by atoms with Gasteiger partial charge in [-0.05, 0) is 6.07 Å². The van der Waals surface area contributed by atoms with Gasteiger partial charge in [-0.2, -0.15) is 0 Å². The van der Waals surface area contributed by atoms with E-state index in [0.717, 1.165) is 0 Å². The van der Waals surface area contributed by atoms with Gasteiger partial charge in [0.1, 0.15) is 0 Å². The zero-order valence-electron chi connectivity index (χ0n) is 10.5. The van der Waals surface area contributed by atoms with Gasteiger partial charge >= 0.3 is 0 Å². The molecule has 0 atom stereocenters. The second kappa shape index (κ2) is 5.90. The highest BCUT2D eigenvalue weighted by molar-refractivity contribution is 6.30. The number of aromatic nitrogens is 2. The molecule has 0 spiro atoms. The van der Waals surface area contributed by atoms with Crippen LogP contribution in [0.3, 0.4) is 0 Å². The van der Waals surface area contributed by atoms with Crippen molar-refractivity contribution in [3.05, 3.63) is 34.5 Å². The molecule has 0 fully saturated rings. The van der Waals surface area contributed by atoms with Crippen LogP contribution in [0.2, 0.25) is 5.02 Å². The van der Waals surface area contributed by atoms with Gasteiger partial charge in [-0.3, -0.25) is 0 Å². The predicted molar refractivity (Wildman–Crippen MR) is 67.3 cm³/mol. The number of aliphatic hydroxyl groups is 1. The van der Waals surface area contributed by atoms with Crippen molar-refractivity contribution in [2.75, 3.05) is 7.11 Å². The molecule has 0 aliphatic carbocycles. The number of hydrogen-bond acceptors (Lipinski definition) is 6. The highest BCUT2D eigenvalue weighted by atomic mass is 35.5. The molecule has 1 aromatic heterocycles. The van der Waals surface area contributed by atoms with E-state index in [9.17, 15) is 5.11 Å². The van der Waals surface area contributed by atoms with E-state index in [1.165, 1.54) is 7.11 Å². The minimum atomic E-state index is -0.213. The monoisotopic (exact) mass is 284 g/mol. The van der Waals surface area contributed by atoms with Crippen molar-refractivity contribution in [1.82, 2.24) is 10.2 Å². The van der Waals surface area contributed by atoms with Crippen molar-refractivity contribution in [2.45, 2.75) is 20.1 Å². The van der Waals surface area contributed by atoms with Gasteiger partial charge in [0.05, 0.1) is 13.7 Å². The third-order valence-electron chi connectivity index (χ3n) is 2.39. The van der Waals surface area contributed by atoms with E-state index in [2.05, 4.69) is 10.2 Å². The lowest BCUT2D eigenvalue weighted by molar-refractivity contribution is 0.230. The Hall–Kier alpha value is -1.79. The standard InChI is InChI=1S/C12H13ClN2O4/c1-7-14-15-11(19-7)6-18-12-8(5-16)3-9(13)4-10(12)17-2/h3-4,16H,5-6H2,1-2H3. The molecule has 102 valence electrons. The van der Waals surface area contributed by atoms with E-state index in [1.54, 1.807) is 19.1 Å². The summed E-state index contributed by atoms with van der Waals surface area (Å²) in [6, 6.07) is 3.22. The average molecular weight is 285 g/mol. The molecule has 2 rings (SSSR count). The summed E-state index contributed by atoms with van der Waals surface area (Å²) in [6.45, 7) is 1.57. The van der Waals surface area contributed by atoms with Crippen LogP contribution < -0.4 is 9.47 Å². The van der Waals surface area contributed by atoms with Gasteiger partial charge in [-0.1, -0.05) is 11.6 Å². The van der Waals surface area contributed by atoms with Crippen molar-refractivity contribution in [2.24, 2.45) is 0 Å². The fourth-order valence-corrected chi connectivity index (χ4v) is 1.82. The minimum absolute atomic E-state index is 0.0891. The number of ether oxygens (including phenoxy) is 2. The Morgan fingerprint density at radius 3 is 2.74 bits per heavy atom. The van der Waals surface area contributed by atoms with Gasteiger partial charge in [0.15, 0.2) is 18.1 Å². The molecule has 0 saturated carbocycles. The summed E-state index contributed by atoms with van der Waals surface area (Å²) in [5, 5.41) is 17.3. The zero-order chi connectivity index (χ0) is 13.8. The molecular formula is C12H13ClN2O4. The molecule has 6 nitrogen and oxygen atoms in total. The first kappa shape index (κ1) is 13.6. The van der Waals surface area contributed by atoms with E-state index >= 15 is 0 Å². The van der Waals surface area contributed by atoms with Crippen LogP contribution in [0.15, 0.2) is 16.5 Å². The van der Waals surface area contributed by atoms with Gasteiger partial charge in [-0.25, -0.2) is 0 Å². The zero-order valence-corrected chi connectivity index (χ0v) is 11.3. The van der Waals surface area contributed by atoms with Crippen molar-refractivity contribution < 1.29 is 19.0 Å². The van der Waals surface area contributed by atoms with E-state index in [1.807, 2.05) is 0 Å². The molecule has 0 unspecified atom stereocenters. The van der Waals surface area contributed by atoms with Crippen LogP contribution in [0.5, 0.6) is 11.5 Å². The Morgan fingerprint density at radius 1 is 1.37 bits per heavy atom. The van der Waals surface area contributed by atoms with Crippen molar-refractivity contribution in [1.29, 1.82) is 0 Å². The molecule has 0 aliphatic rings. The lowest BCUT2D eigenvalue weighted by Gasteiger charge is -2.13. The van der Waals surface area contributed by atoms with E-state index < -0.39 is 0 Å². The Kier molecular flexibility index (Phi) is 4.24. The molecule has 1 heterocycles. The molecule has 0 amide bonds. The molecule has 1 aromatic carbocycles. The van der Waals surface area contributed by atoms with Crippen molar-refractivity contribution >= 4 is 11.6 Å². The maximum absolute atomic E-state index is 9.32.